The van der Waals surface area contributed by atoms with Crippen molar-refractivity contribution in [3.8, 4) is 11.5 Å². The largest absolute Gasteiger partial charge is 0.497 e. The quantitative estimate of drug-likeness (QED) is 0.731. The molecule has 1 saturated carbocycles. The third kappa shape index (κ3) is 3.81. The summed E-state index contributed by atoms with van der Waals surface area (Å²) in [5, 5.41) is 0. The number of fused-ring (bicyclic) bond motifs is 1. The highest BCUT2D eigenvalue weighted by Crippen LogP contribution is 2.46. The lowest BCUT2D eigenvalue weighted by molar-refractivity contribution is -0.0188. The molecule has 3 atom stereocenters. The SMILES string of the molecule is COc1ccc(CN(C(=O)OC(C)(C)C)[C@H]2C[C@H]3C=CC[C@H]32)c(OC)c1. The average Bonchev–Trinajstić information content (AvgIpc) is 2.93. The van der Waals surface area contributed by atoms with Crippen molar-refractivity contribution < 1.29 is 19.0 Å². The summed E-state index contributed by atoms with van der Waals surface area (Å²) in [6.45, 7) is 6.17. The van der Waals surface area contributed by atoms with E-state index in [0.29, 0.717) is 18.4 Å². The maximum Gasteiger partial charge on any atom is 0.410 e. The monoisotopic (exact) mass is 359 g/mol. The Bertz CT molecular complexity index is 692. The summed E-state index contributed by atoms with van der Waals surface area (Å²) in [7, 11) is 3.26. The minimum atomic E-state index is -0.517. The Labute approximate surface area is 155 Å². The van der Waals surface area contributed by atoms with E-state index in [-0.39, 0.29) is 12.1 Å². The molecule has 0 N–H and O–H groups in total. The van der Waals surface area contributed by atoms with Gasteiger partial charge in [0.05, 0.1) is 20.8 Å². The van der Waals surface area contributed by atoms with Crippen molar-refractivity contribution in [2.75, 3.05) is 14.2 Å². The molecule has 142 valence electrons. The van der Waals surface area contributed by atoms with Crippen LogP contribution in [-0.4, -0.2) is 36.9 Å². The highest BCUT2D eigenvalue weighted by atomic mass is 16.6. The van der Waals surface area contributed by atoms with Crippen LogP contribution in [0.5, 0.6) is 11.5 Å². The van der Waals surface area contributed by atoms with Gasteiger partial charge in [0.1, 0.15) is 17.1 Å². The summed E-state index contributed by atoms with van der Waals surface area (Å²) in [6.07, 6.45) is 6.29. The lowest BCUT2D eigenvalue weighted by Gasteiger charge is -2.47. The summed E-state index contributed by atoms with van der Waals surface area (Å²) in [5.41, 5.74) is 0.435. The van der Waals surface area contributed by atoms with Gasteiger partial charge in [-0.15, -0.1) is 0 Å². The Morgan fingerprint density at radius 2 is 2.00 bits per heavy atom. The number of hydrogen-bond acceptors (Lipinski definition) is 4. The minimum Gasteiger partial charge on any atom is -0.497 e. The number of nitrogens with zero attached hydrogens (tertiary/aromatic N) is 1. The minimum absolute atomic E-state index is 0.205. The van der Waals surface area contributed by atoms with Crippen LogP contribution in [0.1, 0.15) is 39.2 Å². The highest BCUT2D eigenvalue weighted by molar-refractivity contribution is 5.69. The molecule has 2 aliphatic rings. The third-order valence-electron chi connectivity index (χ3n) is 5.21. The van der Waals surface area contributed by atoms with Crippen molar-refractivity contribution in [3.05, 3.63) is 35.9 Å². The van der Waals surface area contributed by atoms with Gasteiger partial charge >= 0.3 is 6.09 Å². The molecule has 0 heterocycles. The van der Waals surface area contributed by atoms with E-state index in [1.807, 2.05) is 43.9 Å². The van der Waals surface area contributed by atoms with E-state index in [1.54, 1.807) is 14.2 Å². The van der Waals surface area contributed by atoms with Gasteiger partial charge in [-0.1, -0.05) is 12.2 Å². The molecule has 5 nitrogen and oxygen atoms in total. The molecule has 2 aliphatic carbocycles. The van der Waals surface area contributed by atoms with Crippen molar-refractivity contribution in [1.29, 1.82) is 0 Å². The van der Waals surface area contributed by atoms with Crippen LogP contribution in [0.4, 0.5) is 4.79 Å². The third-order valence-corrected chi connectivity index (χ3v) is 5.21. The maximum absolute atomic E-state index is 12.9. The molecule has 0 unspecified atom stereocenters. The van der Waals surface area contributed by atoms with Crippen LogP contribution in [0.2, 0.25) is 0 Å². The van der Waals surface area contributed by atoms with Gasteiger partial charge in [0.15, 0.2) is 0 Å². The standard InChI is InChI=1S/C21H29NO4/c1-21(2,3)26-20(23)22(18-11-14-7-6-8-17(14)18)13-15-9-10-16(24-4)12-19(15)25-5/h6-7,9-10,12,14,17-18H,8,11,13H2,1-5H3/t14-,17-,18+/m1/s1. The topological polar surface area (TPSA) is 48.0 Å². The number of methoxy groups -OCH3 is 2. The average molecular weight is 359 g/mol. The first-order valence-corrected chi connectivity index (χ1v) is 9.19. The van der Waals surface area contributed by atoms with E-state index >= 15 is 0 Å². The molecule has 26 heavy (non-hydrogen) atoms. The van der Waals surface area contributed by atoms with Crippen LogP contribution >= 0.6 is 0 Å². The number of allylic oxidation sites excluding steroid dienone is 2. The van der Waals surface area contributed by atoms with Crippen molar-refractivity contribution >= 4 is 6.09 Å². The van der Waals surface area contributed by atoms with Crippen LogP contribution in [0.25, 0.3) is 0 Å². The van der Waals surface area contributed by atoms with Crippen LogP contribution in [-0.2, 0) is 11.3 Å². The predicted molar refractivity (Wildman–Crippen MR) is 100 cm³/mol. The molecule has 1 aromatic carbocycles. The number of hydrogen-bond donors (Lipinski definition) is 0. The Kier molecular flexibility index (Phi) is 5.17. The molecule has 1 amide bonds. The van der Waals surface area contributed by atoms with Crippen molar-refractivity contribution in [2.24, 2.45) is 11.8 Å². The highest BCUT2D eigenvalue weighted by Gasteiger charge is 2.46. The zero-order valence-electron chi connectivity index (χ0n) is 16.3. The fourth-order valence-electron chi connectivity index (χ4n) is 3.84. The van der Waals surface area contributed by atoms with Crippen LogP contribution in [0, 0.1) is 11.8 Å². The Morgan fingerprint density at radius 1 is 1.23 bits per heavy atom. The molecule has 0 spiro atoms. The van der Waals surface area contributed by atoms with Gasteiger partial charge in [-0.25, -0.2) is 4.79 Å². The van der Waals surface area contributed by atoms with E-state index in [4.69, 9.17) is 14.2 Å². The first-order valence-electron chi connectivity index (χ1n) is 9.19. The lowest BCUT2D eigenvalue weighted by atomic mass is 9.70. The van der Waals surface area contributed by atoms with Crippen LogP contribution in [0.3, 0.4) is 0 Å². The van der Waals surface area contributed by atoms with Gasteiger partial charge < -0.3 is 19.1 Å². The number of carbonyl (C=O) groups is 1. The fourth-order valence-corrected chi connectivity index (χ4v) is 3.84. The normalized spacial score (nSPS) is 23.8. The zero-order valence-corrected chi connectivity index (χ0v) is 16.3. The van der Waals surface area contributed by atoms with E-state index in [0.717, 1.165) is 29.9 Å². The van der Waals surface area contributed by atoms with Gasteiger partial charge in [-0.2, -0.15) is 0 Å². The van der Waals surface area contributed by atoms with E-state index in [9.17, 15) is 4.79 Å². The first kappa shape index (κ1) is 18.6. The van der Waals surface area contributed by atoms with Crippen molar-refractivity contribution in [2.45, 2.75) is 51.8 Å². The molecule has 0 aromatic heterocycles. The molecule has 1 fully saturated rings. The van der Waals surface area contributed by atoms with Gasteiger partial charge in [0.2, 0.25) is 0 Å². The summed E-state index contributed by atoms with van der Waals surface area (Å²) in [4.78, 5) is 14.8. The van der Waals surface area contributed by atoms with Gasteiger partial charge in [0, 0.05) is 17.7 Å². The van der Waals surface area contributed by atoms with Gasteiger partial charge in [-0.05, 0) is 57.6 Å². The number of carbonyl (C=O) groups excluding carboxylic acids is 1. The Hall–Kier alpha value is -2.17. The zero-order chi connectivity index (χ0) is 18.9. The molecule has 0 saturated heterocycles. The summed E-state index contributed by atoms with van der Waals surface area (Å²) in [6, 6.07) is 5.91. The summed E-state index contributed by atoms with van der Waals surface area (Å²) >= 11 is 0. The molecular formula is C21H29NO4. The van der Waals surface area contributed by atoms with E-state index in [1.165, 1.54) is 0 Å². The molecule has 0 radical (unpaired) electrons. The lowest BCUT2D eigenvalue weighted by Crippen LogP contribution is -2.53. The number of amides is 1. The summed E-state index contributed by atoms with van der Waals surface area (Å²) < 4.78 is 16.5. The molecule has 0 bridgehead atoms. The van der Waals surface area contributed by atoms with E-state index < -0.39 is 5.60 Å². The fraction of sp³-hybridized carbons (Fsp3) is 0.571. The number of benzene rings is 1. The van der Waals surface area contributed by atoms with Crippen LogP contribution in [0.15, 0.2) is 30.4 Å². The van der Waals surface area contributed by atoms with Crippen LogP contribution < -0.4 is 9.47 Å². The molecule has 1 aromatic rings. The maximum atomic E-state index is 12.9. The molecule has 5 heteroatoms. The second-order valence-corrected chi connectivity index (χ2v) is 8.08. The Balaban J connectivity index is 1.83. The molecule has 0 aliphatic heterocycles. The number of ether oxygens (including phenoxy) is 3. The van der Waals surface area contributed by atoms with Gasteiger partial charge in [0.25, 0.3) is 0 Å². The second-order valence-electron chi connectivity index (χ2n) is 8.08. The molecular weight excluding hydrogens is 330 g/mol. The second kappa shape index (κ2) is 7.22. The first-order chi connectivity index (χ1) is 12.3. The van der Waals surface area contributed by atoms with Crippen molar-refractivity contribution in [1.82, 2.24) is 4.90 Å². The number of rotatable bonds is 5. The molecule has 3 rings (SSSR count). The smallest absolute Gasteiger partial charge is 0.410 e. The van der Waals surface area contributed by atoms with Gasteiger partial charge in [-0.3, -0.25) is 0 Å². The Morgan fingerprint density at radius 3 is 2.62 bits per heavy atom. The summed E-state index contributed by atoms with van der Waals surface area (Å²) in [5.74, 6) is 2.56. The predicted octanol–water partition coefficient (Wildman–Crippen LogP) is 4.41. The van der Waals surface area contributed by atoms with Crippen molar-refractivity contribution in [3.63, 3.8) is 0 Å². The van der Waals surface area contributed by atoms with E-state index in [2.05, 4.69) is 12.2 Å².